The molecule has 0 aliphatic heterocycles. The lowest BCUT2D eigenvalue weighted by molar-refractivity contribution is -0.159. The van der Waals surface area contributed by atoms with Gasteiger partial charge in [-0.3, -0.25) is 20.4 Å². The van der Waals surface area contributed by atoms with E-state index in [-0.39, 0.29) is 26.7 Å². The summed E-state index contributed by atoms with van der Waals surface area (Å²) < 4.78 is 10.3. The van der Waals surface area contributed by atoms with Crippen molar-refractivity contribution in [2.75, 3.05) is 0 Å². The van der Waals surface area contributed by atoms with Crippen molar-refractivity contribution < 1.29 is 38.6 Å². The Morgan fingerprint density at radius 2 is 1.10 bits per heavy atom. The molecule has 2 amide bonds. The molecule has 4 aromatic carbocycles. The van der Waals surface area contributed by atoms with Crippen LogP contribution in [0.2, 0.25) is 10.0 Å². The molecule has 0 aliphatic rings. The highest BCUT2D eigenvalue weighted by molar-refractivity contribution is 6.34. The lowest BCUT2D eigenvalue weighted by Crippen LogP contribution is -2.54. The number of ether oxygens (including phenoxy) is 2. The quantitative estimate of drug-likeness (QED) is 0.200. The van der Waals surface area contributed by atoms with Crippen molar-refractivity contribution in [1.29, 1.82) is 0 Å². The Morgan fingerprint density at radius 1 is 0.610 bits per heavy atom. The number of halogens is 2. The third-order valence-electron chi connectivity index (χ3n) is 5.77. The van der Waals surface area contributed by atoms with E-state index in [0.717, 1.165) is 5.39 Å². The summed E-state index contributed by atoms with van der Waals surface area (Å²) in [7, 11) is 0. The molecule has 0 fully saturated rings. The Morgan fingerprint density at radius 3 is 1.68 bits per heavy atom. The Bertz CT molecular complexity index is 1650. The first kappa shape index (κ1) is 29.1. The van der Waals surface area contributed by atoms with Crippen LogP contribution in [0, 0.1) is 0 Å². The Kier molecular flexibility index (Phi) is 9.18. The molecule has 0 heterocycles. The zero-order valence-electron chi connectivity index (χ0n) is 20.9. The number of rotatable bonds is 8. The zero-order valence-corrected chi connectivity index (χ0v) is 22.4. The summed E-state index contributed by atoms with van der Waals surface area (Å²) in [6.45, 7) is 0. The fraction of sp³-hybridized carbons (Fsp3) is 0.0690. The third-order valence-corrected chi connectivity index (χ3v) is 6.42. The van der Waals surface area contributed by atoms with Crippen LogP contribution >= 0.6 is 23.2 Å². The van der Waals surface area contributed by atoms with E-state index in [1.165, 1.54) is 54.6 Å². The van der Waals surface area contributed by atoms with E-state index < -0.39 is 41.9 Å². The van der Waals surface area contributed by atoms with Gasteiger partial charge in [0.1, 0.15) is 0 Å². The topological polar surface area (TPSA) is 148 Å². The van der Waals surface area contributed by atoms with Gasteiger partial charge in [-0.15, -0.1) is 0 Å². The molecule has 0 radical (unpaired) electrons. The maximum absolute atomic E-state index is 13.2. The summed E-state index contributed by atoms with van der Waals surface area (Å²) in [6.07, 6.45) is -4.62. The van der Waals surface area contributed by atoms with E-state index in [1.807, 2.05) is 5.43 Å². The zero-order chi connectivity index (χ0) is 29.5. The molecule has 2 atom stereocenters. The van der Waals surface area contributed by atoms with Gasteiger partial charge in [0.25, 0.3) is 11.8 Å². The van der Waals surface area contributed by atoms with Crippen LogP contribution in [0.15, 0.2) is 91.0 Å². The number of carbonyl (C=O) groups is 5. The minimum atomic E-state index is -2.35. The maximum Gasteiger partial charge on any atom is 0.349 e. The Labute approximate surface area is 242 Å². The SMILES string of the molecule is O=C(O[C@H](C(=O)NNC(=O)c1cccc2ccccc12)[C@@H](OC(=O)c1ccccc1Cl)C(=O)O)c1ccccc1Cl. The smallest absolute Gasteiger partial charge is 0.349 e. The molecular weight excluding hydrogens is 575 g/mol. The fourth-order valence-electron chi connectivity index (χ4n) is 3.79. The number of aliphatic carboxylic acids is 1. The summed E-state index contributed by atoms with van der Waals surface area (Å²) in [5.41, 5.74) is 4.04. The Hall–Kier alpha value is -4.93. The molecule has 0 aliphatic carbocycles. The van der Waals surface area contributed by atoms with Gasteiger partial charge in [-0.1, -0.05) is 83.9 Å². The van der Waals surface area contributed by atoms with E-state index in [4.69, 9.17) is 32.7 Å². The van der Waals surface area contributed by atoms with Crippen LogP contribution in [0.25, 0.3) is 10.8 Å². The van der Waals surface area contributed by atoms with Crippen molar-refractivity contribution >= 4 is 63.7 Å². The normalized spacial score (nSPS) is 12.0. The van der Waals surface area contributed by atoms with Gasteiger partial charge in [-0.05, 0) is 41.1 Å². The molecule has 0 saturated carbocycles. The average Bonchev–Trinajstić information content (AvgIpc) is 2.97. The van der Waals surface area contributed by atoms with Gasteiger partial charge in [0, 0.05) is 5.56 Å². The standard InChI is InChI=1S/C29H20Cl2N2O8/c30-21-14-5-3-11-19(21)28(38)40-23(24(27(36)37)41-29(39)20-12-4-6-15-22(20)31)26(35)33-32-25(34)18-13-7-9-16-8-1-2-10-17(16)18/h1-15,23-24H,(H,32,34)(H,33,35)(H,36,37)/t23-,24+/m0/s1. The van der Waals surface area contributed by atoms with Gasteiger partial charge in [0.2, 0.25) is 12.2 Å². The largest absolute Gasteiger partial charge is 0.478 e. The second-order valence-electron chi connectivity index (χ2n) is 8.42. The van der Waals surface area contributed by atoms with E-state index in [1.54, 1.807) is 36.4 Å². The summed E-state index contributed by atoms with van der Waals surface area (Å²) in [5.74, 6) is -6.26. The first-order valence-electron chi connectivity index (χ1n) is 11.9. The van der Waals surface area contributed by atoms with E-state index in [0.29, 0.717) is 5.39 Å². The van der Waals surface area contributed by atoms with Crippen molar-refractivity contribution in [3.05, 3.63) is 118 Å². The number of hydrogen-bond acceptors (Lipinski definition) is 7. The monoisotopic (exact) mass is 594 g/mol. The molecule has 4 rings (SSSR count). The van der Waals surface area contributed by atoms with Gasteiger partial charge in [0.05, 0.1) is 21.2 Å². The van der Waals surface area contributed by atoms with Gasteiger partial charge < -0.3 is 14.6 Å². The van der Waals surface area contributed by atoms with Gasteiger partial charge in [0.15, 0.2) is 0 Å². The molecule has 12 heteroatoms. The predicted molar refractivity (Wildman–Crippen MR) is 149 cm³/mol. The van der Waals surface area contributed by atoms with E-state index in [2.05, 4.69) is 5.43 Å². The van der Waals surface area contributed by atoms with Crippen LogP contribution in [-0.4, -0.2) is 47.0 Å². The van der Waals surface area contributed by atoms with E-state index >= 15 is 0 Å². The lowest BCUT2D eigenvalue weighted by atomic mass is 10.0. The number of hydrazine groups is 1. The van der Waals surface area contributed by atoms with Crippen molar-refractivity contribution in [2.45, 2.75) is 12.2 Å². The van der Waals surface area contributed by atoms with Crippen molar-refractivity contribution in [1.82, 2.24) is 10.9 Å². The lowest BCUT2D eigenvalue weighted by Gasteiger charge is -2.24. The van der Waals surface area contributed by atoms with E-state index in [9.17, 15) is 29.1 Å². The van der Waals surface area contributed by atoms with Crippen LogP contribution in [-0.2, 0) is 19.1 Å². The van der Waals surface area contributed by atoms with Gasteiger partial charge >= 0.3 is 17.9 Å². The van der Waals surface area contributed by atoms with Gasteiger partial charge in [-0.2, -0.15) is 0 Å². The molecule has 3 N–H and O–H groups in total. The van der Waals surface area contributed by atoms with Crippen LogP contribution in [0.3, 0.4) is 0 Å². The number of carboxylic acid groups (broad SMARTS) is 1. The number of carboxylic acids is 1. The number of amides is 2. The van der Waals surface area contributed by atoms with Crippen molar-refractivity contribution in [2.24, 2.45) is 0 Å². The predicted octanol–water partition coefficient (Wildman–Crippen LogP) is 4.44. The van der Waals surface area contributed by atoms with Crippen LogP contribution in [0.4, 0.5) is 0 Å². The van der Waals surface area contributed by atoms with Gasteiger partial charge in [-0.25, -0.2) is 14.4 Å². The first-order chi connectivity index (χ1) is 19.7. The number of fused-ring (bicyclic) bond motifs is 1. The highest BCUT2D eigenvalue weighted by Gasteiger charge is 2.41. The number of esters is 2. The van der Waals surface area contributed by atoms with Crippen molar-refractivity contribution in [3.8, 4) is 0 Å². The van der Waals surface area contributed by atoms with Crippen LogP contribution < -0.4 is 10.9 Å². The number of hydrogen-bond donors (Lipinski definition) is 3. The molecule has 0 unspecified atom stereocenters. The molecule has 0 spiro atoms. The molecule has 41 heavy (non-hydrogen) atoms. The third kappa shape index (κ3) is 6.81. The molecule has 10 nitrogen and oxygen atoms in total. The summed E-state index contributed by atoms with van der Waals surface area (Å²) >= 11 is 12.1. The minimum Gasteiger partial charge on any atom is -0.478 e. The second-order valence-corrected chi connectivity index (χ2v) is 9.23. The highest BCUT2D eigenvalue weighted by Crippen LogP contribution is 2.21. The maximum atomic E-state index is 13.2. The van der Waals surface area contributed by atoms with Crippen LogP contribution in [0.5, 0.6) is 0 Å². The van der Waals surface area contributed by atoms with Crippen LogP contribution in [0.1, 0.15) is 31.1 Å². The summed E-state index contributed by atoms with van der Waals surface area (Å²) in [5, 5.41) is 11.1. The number of carbonyl (C=O) groups excluding carboxylic acids is 4. The molecule has 208 valence electrons. The molecule has 4 aromatic rings. The average molecular weight is 595 g/mol. The number of benzene rings is 4. The fourth-order valence-corrected chi connectivity index (χ4v) is 4.21. The Balaban J connectivity index is 1.60. The summed E-state index contributed by atoms with van der Waals surface area (Å²) in [4.78, 5) is 64.0. The van der Waals surface area contributed by atoms with Crippen molar-refractivity contribution in [3.63, 3.8) is 0 Å². The number of nitrogens with one attached hydrogen (secondary N) is 2. The summed E-state index contributed by atoms with van der Waals surface area (Å²) in [6, 6.07) is 23.3. The minimum absolute atomic E-state index is 0.0409. The molecule has 0 saturated heterocycles. The molecular formula is C29H20Cl2N2O8. The highest BCUT2D eigenvalue weighted by atomic mass is 35.5. The molecule has 0 aromatic heterocycles. The molecule has 0 bridgehead atoms. The second kappa shape index (κ2) is 12.9. The first-order valence-corrected chi connectivity index (χ1v) is 12.6.